The van der Waals surface area contributed by atoms with Gasteiger partial charge in [0.25, 0.3) is 5.78 Å². The highest BCUT2D eigenvalue weighted by atomic mass is 15.3. The van der Waals surface area contributed by atoms with Crippen molar-refractivity contribution in [2.45, 2.75) is 44.2 Å². The number of aromatic nitrogens is 4. The molecule has 2 aromatic rings. The first-order valence-electron chi connectivity index (χ1n) is 6.79. The Bertz CT molecular complexity index is 551. The van der Waals surface area contributed by atoms with E-state index >= 15 is 0 Å². The Labute approximate surface area is 106 Å². The Kier molecular flexibility index (Phi) is 2.33. The molecule has 94 valence electrons. The first-order valence-corrected chi connectivity index (χ1v) is 6.79. The van der Waals surface area contributed by atoms with E-state index in [1.165, 1.54) is 25.7 Å². The van der Waals surface area contributed by atoms with Gasteiger partial charge in [0.15, 0.2) is 0 Å². The molecule has 2 aliphatic heterocycles. The summed E-state index contributed by atoms with van der Waals surface area (Å²) in [6.45, 7) is 0. The van der Waals surface area contributed by atoms with Crippen LogP contribution in [0.25, 0.3) is 5.78 Å². The topological polar surface area (TPSA) is 55.1 Å². The fourth-order valence-electron chi connectivity index (χ4n) is 3.53. The first kappa shape index (κ1) is 10.4. The summed E-state index contributed by atoms with van der Waals surface area (Å²) < 4.78 is 2.02. The van der Waals surface area contributed by atoms with Crippen LogP contribution in [0.3, 0.4) is 0 Å². The molecule has 1 N–H and O–H groups in total. The Morgan fingerprint density at radius 2 is 2.06 bits per heavy atom. The summed E-state index contributed by atoms with van der Waals surface area (Å²) in [5.74, 6) is 2.52. The van der Waals surface area contributed by atoms with Crippen LogP contribution in [0.1, 0.15) is 31.5 Å². The van der Waals surface area contributed by atoms with Gasteiger partial charge in [-0.2, -0.15) is 0 Å². The van der Waals surface area contributed by atoms with E-state index in [9.17, 15) is 0 Å². The quantitative estimate of drug-likeness (QED) is 0.861. The Balaban J connectivity index is 1.57. The zero-order valence-corrected chi connectivity index (χ0v) is 10.3. The number of hydrogen-bond acceptors (Lipinski definition) is 4. The molecule has 0 spiro atoms. The average molecular weight is 243 g/mol. The minimum Gasteiger partial charge on any atom is -0.311 e. The molecule has 2 atom stereocenters. The van der Waals surface area contributed by atoms with E-state index in [2.05, 4.69) is 20.5 Å². The van der Waals surface area contributed by atoms with Gasteiger partial charge < -0.3 is 5.32 Å². The molecule has 2 bridgehead atoms. The lowest BCUT2D eigenvalue weighted by Crippen LogP contribution is -2.38. The van der Waals surface area contributed by atoms with Crippen LogP contribution >= 0.6 is 0 Å². The lowest BCUT2D eigenvalue weighted by Gasteiger charge is -2.28. The van der Waals surface area contributed by atoms with Crippen molar-refractivity contribution in [2.24, 2.45) is 5.92 Å². The van der Waals surface area contributed by atoms with Gasteiger partial charge in [-0.1, -0.05) is 0 Å². The third kappa shape index (κ3) is 1.70. The Morgan fingerprint density at radius 1 is 1.22 bits per heavy atom. The van der Waals surface area contributed by atoms with Gasteiger partial charge in [0, 0.05) is 30.9 Å². The smallest absolute Gasteiger partial charge is 0.254 e. The fourth-order valence-corrected chi connectivity index (χ4v) is 3.53. The third-order valence-electron chi connectivity index (χ3n) is 4.30. The number of hydrogen-bond donors (Lipinski definition) is 1. The summed E-state index contributed by atoms with van der Waals surface area (Å²) >= 11 is 0. The molecule has 2 aromatic heterocycles. The van der Waals surface area contributed by atoms with Crippen molar-refractivity contribution in [3.8, 4) is 0 Å². The summed E-state index contributed by atoms with van der Waals surface area (Å²) in [5.41, 5.74) is 0. The summed E-state index contributed by atoms with van der Waals surface area (Å²) in [5, 5.41) is 12.1. The lowest BCUT2D eigenvalue weighted by atomic mass is 9.89. The van der Waals surface area contributed by atoms with Crippen LogP contribution in [0.4, 0.5) is 0 Å². The Hall–Kier alpha value is -1.49. The van der Waals surface area contributed by atoms with Gasteiger partial charge in [-0.25, -0.2) is 4.98 Å². The molecule has 0 amide bonds. The number of piperidine rings is 1. The van der Waals surface area contributed by atoms with Gasteiger partial charge in [-0.3, -0.25) is 4.40 Å². The van der Waals surface area contributed by atoms with Gasteiger partial charge >= 0.3 is 0 Å². The second kappa shape index (κ2) is 4.02. The standard InChI is InChI=1S/C13H17N5/c1-4-14-13-17-16-12(18(13)5-1)8-9-6-10-2-3-11(7-9)15-10/h1,4-5,9-11,15H,2-3,6-8H2. The highest BCUT2D eigenvalue weighted by Gasteiger charge is 2.33. The van der Waals surface area contributed by atoms with E-state index in [0.29, 0.717) is 5.78 Å². The first-order chi connectivity index (χ1) is 8.88. The SMILES string of the molecule is c1cnc2nnc(CC3CC4CCC(C3)N4)n2c1. The number of fused-ring (bicyclic) bond motifs is 3. The lowest BCUT2D eigenvalue weighted by molar-refractivity contribution is 0.294. The van der Waals surface area contributed by atoms with Crippen molar-refractivity contribution in [3.63, 3.8) is 0 Å². The molecule has 0 aromatic carbocycles. The number of nitrogens with zero attached hydrogens (tertiary/aromatic N) is 4. The zero-order valence-electron chi connectivity index (χ0n) is 10.3. The van der Waals surface area contributed by atoms with E-state index in [1.54, 1.807) is 6.20 Å². The summed E-state index contributed by atoms with van der Waals surface area (Å²) in [6.07, 6.45) is 10.1. The van der Waals surface area contributed by atoms with Crippen molar-refractivity contribution in [2.75, 3.05) is 0 Å². The van der Waals surface area contributed by atoms with Crippen LogP contribution in [-0.2, 0) is 6.42 Å². The molecule has 2 unspecified atom stereocenters. The molecule has 5 nitrogen and oxygen atoms in total. The van der Waals surface area contributed by atoms with Crippen LogP contribution in [0.2, 0.25) is 0 Å². The van der Waals surface area contributed by atoms with Crippen LogP contribution in [-0.4, -0.2) is 31.7 Å². The zero-order chi connectivity index (χ0) is 11.9. The molecule has 0 radical (unpaired) electrons. The summed E-state index contributed by atoms with van der Waals surface area (Å²) in [6, 6.07) is 3.42. The molecule has 5 heteroatoms. The number of nitrogens with one attached hydrogen (secondary N) is 1. The predicted molar refractivity (Wildman–Crippen MR) is 67.2 cm³/mol. The van der Waals surface area contributed by atoms with Gasteiger partial charge in [0.05, 0.1) is 0 Å². The van der Waals surface area contributed by atoms with Crippen molar-refractivity contribution in [3.05, 3.63) is 24.3 Å². The molecular weight excluding hydrogens is 226 g/mol. The molecular formula is C13H17N5. The molecule has 18 heavy (non-hydrogen) atoms. The van der Waals surface area contributed by atoms with Crippen LogP contribution in [0.5, 0.6) is 0 Å². The van der Waals surface area contributed by atoms with E-state index in [0.717, 1.165) is 30.2 Å². The van der Waals surface area contributed by atoms with Gasteiger partial charge in [0.2, 0.25) is 0 Å². The Morgan fingerprint density at radius 3 is 2.89 bits per heavy atom. The van der Waals surface area contributed by atoms with E-state index < -0.39 is 0 Å². The third-order valence-corrected chi connectivity index (χ3v) is 4.30. The van der Waals surface area contributed by atoms with Crippen LogP contribution < -0.4 is 5.32 Å². The highest BCUT2D eigenvalue weighted by Crippen LogP contribution is 2.32. The normalized spacial score (nSPS) is 31.0. The predicted octanol–water partition coefficient (Wildman–Crippen LogP) is 1.20. The average Bonchev–Trinajstić information content (AvgIpc) is 2.94. The van der Waals surface area contributed by atoms with Crippen LogP contribution in [0.15, 0.2) is 18.5 Å². The van der Waals surface area contributed by atoms with Gasteiger partial charge in [0.1, 0.15) is 5.82 Å². The second-order valence-electron chi connectivity index (χ2n) is 5.59. The minimum atomic E-state index is 0.712. The maximum atomic E-state index is 4.29. The highest BCUT2D eigenvalue weighted by molar-refractivity contribution is 5.26. The van der Waals surface area contributed by atoms with Crippen molar-refractivity contribution >= 4 is 5.78 Å². The molecule has 2 aliphatic rings. The molecule has 0 saturated carbocycles. The monoisotopic (exact) mass is 243 g/mol. The molecule has 2 fully saturated rings. The fraction of sp³-hybridized carbons (Fsp3) is 0.615. The van der Waals surface area contributed by atoms with E-state index in [1.807, 2.05) is 16.7 Å². The van der Waals surface area contributed by atoms with Gasteiger partial charge in [-0.05, 0) is 37.7 Å². The van der Waals surface area contributed by atoms with E-state index in [-0.39, 0.29) is 0 Å². The van der Waals surface area contributed by atoms with Crippen molar-refractivity contribution < 1.29 is 0 Å². The summed E-state index contributed by atoms with van der Waals surface area (Å²) in [7, 11) is 0. The van der Waals surface area contributed by atoms with Crippen LogP contribution in [0, 0.1) is 5.92 Å². The maximum Gasteiger partial charge on any atom is 0.254 e. The summed E-state index contributed by atoms with van der Waals surface area (Å²) in [4.78, 5) is 4.21. The second-order valence-corrected chi connectivity index (χ2v) is 5.59. The van der Waals surface area contributed by atoms with Crippen molar-refractivity contribution in [1.82, 2.24) is 24.9 Å². The minimum absolute atomic E-state index is 0.712. The molecule has 4 rings (SSSR count). The van der Waals surface area contributed by atoms with Gasteiger partial charge in [-0.15, -0.1) is 10.2 Å². The molecule has 0 aliphatic carbocycles. The number of rotatable bonds is 2. The maximum absolute atomic E-state index is 4.29. The molecule has 2 saturated heterocycles. The van der Waals surface area contributed by atoms with E-state index in [4.69, 9.17) is 0 Å². The molecule has 4 heterocycles. The largest absolute Gasteiger partial charge is 0.311 e. The van der Waals surface area contributed by atoms with Crippen molar-refractivity contribution in [1.29, 1.82) is 0 Å².